The molecule has 1 amide bonds. The zero-order chi connectivity index (χ0) is 20.1. The van der Waals surface area contributed by atoms with Gasteiger partial charge in [-0.05, 0) is 48.9 Å². The molecule has 2 aromatic carbocycles. The molecule has 0 saturated heterocycles. The predicted octanol–water partition coefficient (Wildman–Crippen LogP) is 5.06. The van der Waals surface area contributed by atoms with Gasteiger partial charge in [0.1, 0.15) is 17.3 Å². The summed E-state index contributed by atoms with van der Waals surface area (Å²) in [6.45, 7) is 1.94. The molecule has 0 aliphatic carbocycles. The Balaban J connectivity index is 1.72. The number of nitrogens with one attached hydrogen (secondary N) is 2. The van der Waals surface area contributed by atoms with Crippen LogP contribution in [0.3, 0.4) is 0 Å². The van der Waals surface area contributed by atoms with Crippen molar-refractivity contribution in [1.82, 2.24) is 4.98 Å². The summed E-state index contributed by atoms with van der Waals surface area (Å²) < 4.78 is 10.5. The number of aryl methyl sites for hydroxylation is 1. The minimum Gasteiger partial charge on any atom is -0.497 e. The van der Waals surface area contributed by atoms with Gasteiger partial charge in [0.05, 0.1) is 25.5 Å². The van der Waals surface area contributed by atoms with Gasteiger partial charge in [-0.25, -0.2) is 4.98 Å². The van der Waals surface area contributed by atoms with Crippen LogP contribution in [0.1, 0.15) is 15.9 Å². The minimum atomic E-state index is -0.302. The van der Waals surface area contributed by atoms with Gasteiger partial charge in [-0.2, -0.15) is 0 Å². The number of carbonyl (C=O) groups excluding carboxylic acids is 1. The molecule has 0 atom stereocenters. The van der Waals surface area contributed by atoms with Gasteiger partial charge in [-0.1, -0.05) is 17.7 Å². The highest BCUT2D eigenvalue weighted by Gasteiger charge is 2.12. The molecule has 0 unspecified atom stereocenters. The average molecular weight is 398 g/mol. The van der Waals surface area contributed by atoms with E-state index >= 15 is 0 Å². The van der Waals surface area contributed by atoms with Gasteiger partial charge in [0, 0.05) is 23.0 Å². The molecule has 0 fully saturated rings. The van der Waals surface area contributed by atoms with Gasteiger partial charge in [-0.15, -0.1) is 0 Å². The third-order valence-electron chi connectivity index (χ3n) is 4.12. The van der Waals surface area contributed by atoms with E-state index in [0.717, 1.165) is 11.3 Å². The van der Waals surface area contributed by atoms with Crippen LogP contribution in [0.4, 0.5) is 17.2 Å². The molecule has 0 radical (unpaired) electrons. The van der Waals surface area contributed by atoms with E-state index in [4.69, 9.17) is 21.1 Å². The molecule has 3 aromatic rings. The summed E-state index contributed by atoms with van der Waals surface area (Å²) >= 11 is 6.14. The highest BCUT2D eigenvalue weighted by Crippen LogP contribution is 2.29. The molecule has 6 nitrogen and oxygen atoms in total. The van der Waals surface area contributed by atoms with Gasteiger partial charge in [0.2, 0.25) is 0 Å². The summed E-state index contributed by atoms with van der Waals surface area (Å²) in [5, 5.41) is 6.65. The molecule has 0 saturated carbocycles. The lowest BCUT2D eigenvalue weighted by atomic mass is 10.2. The molecule has 7 heteroatoms. The second-order valence-electron chi connectivity index (χ2n) is 6.04. The Hall–Kier alpha value is -3.25. The van der Waals surface area contributed by atoms with E-state index in [1.165, 1.54) is 13.3 Å². The number of nitrogens with zero attached hydrogens (tertiary/aromatic N) is 1. The van der Waals surface area contributed by atoms with Crippen molar-refractivity contribution >= 4 is 34.7 Å². The number of amides is 1. The second-order valence-corrected chi connectivity index (χ2v) is 6.45. The van der Waals surface area contributed by atoms with Crippen molar-refractivity contribution in [2.24, 2.45) is 0 Å². The molecule has 0 aliphatic heterocycles. The average Bonchev–Trinajstić information content (AvgIpc) is 2.71. The quantitative estimate of drug-likeness (QED) is 0.608. The van der Waals surface area contributed by atoms with Crippen LogP contribution in [-0.4, -0.2) is 25.1 Å². The Labute approximate surface area is 168 Å². The van der Waals surface area contributed by atoms with Crippen LogP contribution in [0.5, 0.6) is 11.5 Å². The summed E-state index contributed by atoms with van der Waals surface area (Å²) in [6.07, 6.45) is 1.50. The summed E-state index contributed by atoms with van der Waals surface area (Å²) in [6, 6.07) is 14.3. The van der Waals surface area contributed by atoms with E-state index in [1.54, 1.807) is 37.4 Å². The number of halogens is 1. The molecular weight excluding hydrogens is 378 g/mol. The molecule has 3 rings (SSSR count). The normalized spacial score (nSPS) is 10.3. The number of carbonyl (C=O) groups is 1. The van der Waals surface area contributed by atoms with Crippen LogP contribution in [0.15, 0.2) is 54.7 Å². The van der Waals surface area contributed by atoms with Gasteiger partial charge >= 0.3 is 0 Å². The van der Waals surface area contributed by atoms with E-state index in [9.17, 15) is 4.79 Å². The first-order valence-corrected chi connectivity index (χ1v) is 8.90. The highest BCUT2D eigenvalue weighted by molar-refractivity contribution is 6.31. The van der Waals surface area contributed by atoms with Crippen LogP contribution in [-0.2, 0) is 0 Å². The molecule has 0 aliphatic rings. The third kappa shape index (κ3) is 4.53. The smallest absolute Gasteiger partial charge is 0.257 e. The molecule has 1 heterocycles. The largest absolute Gasteiger partial charge is 0.497 e. The number of benzene rings is 2. The number of rotatable bonds is 6. The zero-order valence-corrected chi connectivity index (χ0v) is 16.5. The molecule has 1 aromatic heterocycles. The molecular formula is C21H20ClN3O3. The number of aromatic nitrogens is 1. The first-order chi connectivity index (χ1) is 13.5. The van der Waals surface area contributed by atoms with Crippen molar-refractivity contribution in [2.45, 2.75) is 6.92 Å². The van der Waals surface area contributed by atoms with Gasteiger partial charge in [-0.3, -0.25) is 4.79 Å². The Kier molecular flexibility index (Phi) is 6.01. The monoisotopic (exact) mass is 397 g/mol. The summed E-state index contributed by atoms with van der Waals surface area (Å²) in [7, 11) is 3.10. The fourth-order valence-electron chi connectivity index (χ4n) is 2.53. The number of anilines is 3. The Morgan fingerprint density at radius 2 is 1.86 bits per heavy atom. The maximum atomic E-state index is 12.5. The predicted molar refractivity (Wildman–Crippen MR) is 111 cm³/mol. The van der Waals surface area contributed by atoms with Crippen molar-refractivity contribution in [3.05, 3.63) is 70.9 Å². The lowest BCUT2D eigenvalue weighted by molar-refractivity contribution is 0.102. The summed E-state index contributed by atoms with van der Waals surface area (Å²) in [5.41, 5.74) is 2.75. The molecule has 0 bridgehead atoms. The first kappa shape index (κ1) is 19.5. The molecule has 144 valence electrons. The fraction of sp³-hybridized carbons (Fsp3) is 0.143. The maximum absolute atomic E-state index is 12.5. The lowest BCUT2D eigenvalue weighted by Gasteiger charge is -2.12. The van der Waals surface area contributed by atoms with Crippen molar-refractivity contribution in [2.75, 3.05) is 24.9 Å². The van der Waals surface area contributed by atoms with E-state index in [1.807, 2.05) is 25.1 Å². The zero-order valence-electron chi connectivity index (χ0n) is 15.7. The van der Waals surface area contributed by atoms with Crippen molar-refractivity contribution in [1.29, 1.82) is 0 Å². The Bertz CT molecular complexity index is 991. The van der Waals surface area contributed by atoms with Gasteiger partial charge in [0.25, 0.3) is 5.91 Å². The maximum Gasteiger partial charge on any atom is 0.257 e. The van der Waals surface area contributed by atoms with Crippen LogP contribution in [0.2, 0.25) is 5.02 Å². The van der Waals surface area contributed by atoms with E-state index in [2.05, 4.69) is 15.6 Å². The number of methoxy groups -OCH3 is 2. The Morgan fingerprint density at radius 1 is 1.04 bits per heavy atom. The van der Waals surface area contributed by atoms with E-state index < -0.39 is 0 Å². The molecule has 2 N–H and O–H groups in total. The topological polar surface area (TPSA) is 72.5 Å². The van der Waals surface area contributed by atoms with Crippen molar-refractivity contribution in [3.8, 4) is 11.5 Å². The Morgan fingerprint density at radius 3 is 2.50 bits per heavy atom. The standard InChI is InChI=1S/C21H20ClN3O3/c1-13-4-6-15(10-17(13)22)24-20-9-5-14(12-23-20)21(26)25-18-11-16(27-2)7-8-19(18)28-3/h4-12H,1-3H3,(H,23,24)(H,25,26). The van der Waals surface area contributed by atoms with Crippen molar-refractivity contribution in [3.63, 3.8) is 0 Å². The lowest BCUT2D eigenvalue weighted by Crippen LogP contribution is -2.13. The number of ether oxygens (including phenoxy) is 2. The molecule has 0 spiro atoms. The highest BCUT2D eigenvalue weighted by atomic mass is 35.5. The van der Waals surface area contributed by atoms with Crippen LogP contribution < -0.4 is 20.1 Å². The van der Waals surface area contributed by atoms with Gasteiger partial charge < -0.3 is 20.1 Å². The number of pyridine rings is 1. The van der Waals surface area contributed by atoms with Crippen LogP contribution >= 0.6 is 11.6 Å². The van der Waals surface area contributed by atoms with Gasteiger partial charge in [0.15, 0.2) is 0 Å². The minimum absolute atomic E-state index is 0.302. The fourth-order valence-corrected chi connectivity index (χ4v) is 2.71. The molecule has 28 heavy (non-hydrogen) atoms. The second kappa shape index (κ2) is 8.63. The van der Waals surface area contributed by atoms with E-state index in [0.29, 0.717) is 33.6 Å². The SMILES string of the molecule is COc1ccc(OC)c(NC(=O)c2ccc(Nc3ccc(C)c(Cl)c3)nc2)c1. The summed E-state index contributed by atoms with van der Waals surface area (Å²) in [4.78, 5) is 16.8. The van der Waals surface area contributed by atoms with Crippen LogP contribution in [0.25, 0.3) is 0 Å². The number of hydrogen-bond donors (Lipinski definition) is 2. The van der Waals surface area contributed by atoms with E-state index in [-0.39, 0.29) is 5.91 Å². The summed E-state index contributed by atoms with van der Waals surface area (Å²) in [5.74, 6) is 1.46. The van der Waals surface area contributed by atoms with Crippen molar-refractivity contribution < 1.29 is 14.3 Å². The van der Waals surface area contributed by atoms with Crippen LogP contribution in [0, 0.1) is 6.92 Å². The third-order valence-corrected chi connectivity index (χ3v) is 4.53. The first-order valence-electron chi connectivity index (χ1n) is 8.53. The number of hydrogen-bond acceptors (Lipinski definition) is 5.